The van der Waals surface area contributed by atoms with Gasteiger partial charge in [0, 0.05) is 12.2 Å². The number of aromatic nitrogens is 1. The SMILES string of the molecule is O=C(O)NC1CCC(O/N=C/c2ccccn2)CC1. The van der Waals surface area contributed by atoms with E-state index in [1.54, 1.807) is 12.4 Å². The summed E-state index contributed by atoms with van der Waals surface area (Å²) in [6.45, 7) is 0. The molecule has 6 heteroatoms. The van der Waals surface area contributed by atoms with Gasteiger partial charge in [-0.3, -0.25) is 4.98 Å². The molecule has 102 valence electrons. The van der Waals surface area contributed by atoms with Crippen molar-refractivity contribution in [1.29, 1.82) is 0 Å². The topological polar surface area (TPSA) is 83.8 Å². The number of hydrogen-bond acceptors (Lipinski definition) is 4. The fraction of sp³-hybridized carbons (Fsp3) is 0.462. The monoisotopic (exact) mass is 263 g/mol. The molecule has 19 heavy (non-hydrogen) atoms. The summed E-state index contributed by atoms with van der Waals surface area (Å²) in [6, 6.07) is 5.61. The highest BCUT2D eigenvalue weighted by molar-refractivity contribution is 5.76. The van der Waals surface area contributed by atoms with Gasteiger partial charge in [-0.05, 0) is 37.8 Å². The minimum absolute atomic E-state index is 0.0390. The number of nitrogens with one attached hydrogen (secondary N) is 1. The van der Waals surface area contributed by atoms with E-state index in [4.69, 9.17) is 9.94 Å². The summed E-state index contributed by atoms with van der Waals surface area (Å²) in [5, 5.41) is 15.1. The Bertz CT molecular complexity index is 428. The number of oxime groups is 1. The lowest BCUT2D eigenvalue weighted by Crippen LogP contribution is -2.37. The van der Waals surface area contributed by atoms with Crippen LogP contribution >= 0.6 is 0 Å². The standard InChI is InChI=1S/C13H17N3O3/c17-13(18)16-10-4-6-12(7-5-10)19-15-9-11-3-1-2-8-14-11/h1-3,8-10,12,16H,4-7H2,(H,17,18)/b15-9+. The Morgan fingerprint density at radius 3 is 2.84 bits per heavy atom. The molecular weight excluding hydrogens is 246 g/mol. The third-order valence-corrected chi connectivity index (χ3v) is 3.08. The van der Waals surface area contributed by atoms with Crippen molar-refractivity contribution in [3.63, 3.8) is 0 Å². The molecule has 0 aromatic carbocycles. The Hall–Kier alpha value is -2.11. The molecule has 1 fully saturated rings. The van der Waals surface area contributed by atoms with Crippen LogP contribution in [0.4, 0.5) is 4.79 Å². The Balaban J connectivity index is 1.71. The second-order valence-corrected chi connectivity index (χ2v) is 4.52. The lowest BCUT2D eigenvalue weighted by molar-refractivity contribution is 0.0277. The van der Waals surface area contributed by atoms with Crippen LogP contribution in [0, 0.1) is 0 Å². The van der Waals surface area contributed by atoms with E-state index in [1.807, 2.05) is 18.2 Å². The molecular formula is C13H17N3O3. The van der Waals surface area contributed by atoms with E-state index in [0.717, 1.165) is 31.4 Å². The smallest absolute Gasteiger partial charge is 0.404 e. The Kier molecular flexibility index (Phi) is 4.72. The first-order chi connectivity index (χ1) is 9.24. The highest BCUT2D eigenvalue weighted by atomic mass is 16.6. The number of carboxylic acid groups (broad SMARTS) is 1. The molecule has 2 N–H and O–H groups in total. The molecule has 1 heterocycles. The van der Waals surface area contributed by atoms with Gasteiger partial charge in [0.15, 0.2) is 0 Å². The molecule has 1 aromatic heterocycles. The molecule has 6 nitrogen and oxygen atoms in total. The summed E-state index contributed by atoms with van der Waals surface area (Å²) in [4.78, 5) is 20.0. The molecule has 1 aromatic rings. The summed E-state index contributed by atoms with van der Waals surface area (Å²) in [7, 11) is 0. The molecule has 0 bridgehead atoms. The van der Waals surface area contributed by atoms with Gasteiger partial charge in [0.1, 0.15) is 6.10 Å². The maximum absolute atomic E-state index is 10.5. The highest BCUT2D eigenvalue weighted by Crippen LogP contribution is 2.21. The van der Waals surface area contributed by atoms with E-state index in [2.05, 4.69) is 15.5 Å². The van der Waals surface area contributed by atoms with Gasteiger partial charge in [-0.25, -0.2) is 4.79 Å². The number of rotatable bonds is 4. The van der Waals surface area contributed by atoms with Crippen LogP contribution in [0.2, 0.25) is 0 Å². The summed E-state index contributed by atoms with van der Waals surface area (Å²) in [6.07, 6.45) is 5.58. The molecule has 1 aliphatic carbocycles. The van der Waals surface area contributed by atoms with Crippen LogP contribution in [0.1, 0.15) is 31.4 Å². The van der Waals surface area contributed by atoms with Crippen molar-refractivity contribution in [2.45, 2.75) is 37.8 Å². The van der Waals surface area contributed by atoms with E-state index in [9.17, 15) is 4.79 Å². The van der Waals surface area contributed by atoms with Gasteiger partial charge in [-0.1, -0.05) is 11.2 Å². The van der Waals surface area contributed by atoms with Crippen molar-refractivity contribution in [3.05, 3.63) is 30.1 Å². The van der Waals surface area contributed by atoms with E-state index in [-0.39, 0.29) is 12.1 Å². The van der Waals surface area contributed by atoms with Crippen LogP contribution in [-0.2, 0) is 4.84 Å². The first kappa shape index (κ1) is 13.3. The molecule has 0 saturated heterocycles. The number of carbonyl (C=O) groups is 1. The average molecular weight is 263 g/mol. The summed E-state index contributed by atoms with van der Waals surface area (Å²) in [5.41, 5.74) is 0.753. The van der Waals surface area contributed by atoms with E-state index in [0.29, 0.717) is 0 Å². The fourth-order valence-electron chi connectivity index (χ4n) is 2.11. The molecule has 1 aliphatic rings. The van der Waals surface area contributed by atoms with Gasteiger partial charge in [-0.2, -0.15) is 0 Å². The van der Waals surface area contributed by atoms with Crippen molar-refractivity contribution < 1.29 is 14.7 Å². The predicted octanol–water partition coefficient (Wildman–Crippen LogP) is 2.01. The van der Waals surface area contributed by atoms with Gasteiger partial charge in [-0.15, -0.1) is 0 Å². The molecule has 0 radical (unpaired) electrons. The molecule has 0 unspecified atom stereocenters. The molecule has 1 saturated carbocycles. The van der Waals surface area contributed by atoms with Crippen molar-refractivity contribution in [2.24, 2.45) is 5.16 Å². The van der Waals surface area contributed by atoms with E-state index >= 15 is 0 Å². The maximum atomic E-state index is 10.5. The van der Waals surface area contributed by atoms with Gasteiger partial charge < -0.3 is 15.3 Å². The third kappa shape index (κ3) is 4.57. The molecule has 1 amide bonds. The Morgan fingerprint density at radius 2 is 2.21 bits per heavy atom. The van der Waals surface area contributed by atoms with Gasteiger partial charge in [0.2, 0.25) is 0 Å². The predicted molar refractivity (Wildman–Crippen MR) is 70.1 cm³/mol. The summed E-state index contributed by atoms with van der Waals surface area (Å²) in [5.74, 6) is 0. The Labute approximate surface area is 111 Å². The zero-order chi connectivity index (χ0) is 13.5. The quantitative estimate of drug-likeness (QED) is 0.643. The fourth-order valence-corrected chi connectivity index (χ4v) is 2.11. The van der Waals surface area contributed by atoms with Crippen LogP contribution in [0.5, 0.6) is 0 Å². The summed E-state index contributed by atoms with van der Waals surface area (Å²) >= 11 is 0. The van der Waals surface area contributed by atoms with Crippen LogP contribution in [0.3, 0.4) is 0 Å². The van der Waals surface area contributed by atoms with Gasteiger partial charge in [0.05, 0.1) is 11.9 Å². The lowest BCUT2D eigenvalue weighted by Gasteiger charge is -2.26. The van der Waals surface area contributed by atoms with Crippen molar-refractivity contribution >= 4 is 12.3 Å². The van der Waals surface area contributed by atoms with Gasteiger partial charge in [0.25, 0.3) is 0 Å². The lowest BCUT2D eigenvalue weighted by atomic mass is 9.93. The van der Waals surface area contributed by atoms with E-state index < -0.39 is 6.09 Å². The third-order valence-electron chi connectivity index (χ3n) is 3.08. The first-order valence-corrected chi connectivity index (χ1v) is 6.34. The largest absolute Gasteiger partial charge is 0.465 e. The molecule has 0 aliphatic heterocycles. The minimum atomic E-state index is -0.961. The zero-order valence-electron chi connectivity index (χ0n) is 10.5. The maximum Gasteiger partial charge on any atom is 0.404 e. The van der Waals surface area contributed by atoms with Crippen LogP contribution in [0.15, 0.2) is 29.6 Å². The summed E-state index contributed by atoms with van der Waals surface area (Å²) < 4.78 is 0. The average Bonchev–Trinajstić information content (AvgIpc) is 2.41. The second-order valence-electron chi connectivity index (χ2n) is 4.52. The number of hydrogen-bond donors (Lipinski definition) is 2. The van der Waals surface area contributed by atoms with Crippen molar-refractivity contribution in [3.8, 4) is 0 Å². The molecule has 0 spiro atoms. The second kappa shape index (κ2) is 6.72. The van der Waals surface area contributed by atoms with Crippen LogP contribution in [0.25, 0.3) is 0 Å². The molecule has 2 rings (SSSR count). The van der Waals surface area contributed by atoms with Crippen LogP contribution < -0.4 is 5.32 Å². The normalized spacial score (nSPS) is 23.2. The first-order valence-electron chi connectivity index (χ1n) is 6.34. The van der Waals surface area contributed by atoms with Crippen LogP contribution in [-0.4, -0.2) is 34.5 Å². The Morgan fingerprint density at radius 1 is 1.42 bits per heavy atom. The van der Waals surface area contributed by atoms with Crippen molar-refractivity contribution in [2.75, 3.05) is 0 Å². The zero-order valence-corrected chi connectivity index (χ0v) is 10.5. The van der Waals surface area contributed by atoms with E-state index in [1.165, 1.54) is 0 Å². The molecule has 0 atom stereocenters. The minimum Gasteiger partial charge on any atom is -0.465 e. The van der Waals surface area contributed by atoms with Crippen molar-refractivity contribution in [1.82, 2.24) is 10.3 Å². The number of pyridine rings is 1. The number of amides is 1. The number of nitrogens with zero attached hydrogens (tertiary/aromatic N) is 2. The highest BCUT2D eigenvalue weighted by Gasteiger charge is 2.23. The van der Waals surface area contributed by atoms with Gasteiger partial charge >= 0.3 is 6.09 Å².